The second kappa shape index (κ2) is 4.24. The number of hydrogen-bond donors (Lipinski definition) is 1. The lowest BCUT2D eigenvalue weighted by molar-refractivity contribution is 0.0697. The molecule has 0 saturated heterocycles. The fourth-order valence-electron chi connectivity index (χ4n) is 2.01. The lowest BCUT2D eigenvalue weighted by Crippen LogP contribution is -2.02. The van der Waals surface area contributed by atoms with E-state index in [9.17, 15) is 4.79 Å². The zero-order chi connectivity index (χ0) is 12.7. The molecule has 1 aromatic carbocycles. The smallest absolute Gasteiger partial charge is 0.335 e. The predicted molar refractivity (Wildman–Crippen MR) is 70.2 cm³/mol. The SMILES string of the molecule is O=C(O)c1ccc(-n2ncc(Br)c2C2CC2)cc1. The summed E-state index contributed by atoms with van der Waals surface area (Å²) in [6, 6.07) is 6.78. The van der Waals surface area contributed by atoms with Crippen LogP contribution in [-0.4, -0.2) is 20.9 Å². The summed E-state index contributed by atoms with van der Waals surface area (Å²) in [5.74, 6) is -0.341. The number of nitrogens with zero attached hydrogens (tertiary/aromatic N) is 2. The van der Waals surface area contributed by atoms with Crippen LogP contribution in [0.2, 0.25) is 0 Å². The van der Waals surface area contributed by atoms with Crippen molar-refractivity contribution >= 4 is 21.9 Å². The number of aromatic carboxylic acids is 1. The molecule has 1 N–H and O–H groups in total. The first-order chi connectivity index (χ1) is 8.66. The molecule has 1 saturated carbocycles. The van der Waals surface area contributed by atoms with Gasteiger partial charge < -0.3 is 5.11 Å². The number of carbonyl (C=O) groups is 1. The van der Waals surface area contributed by atoms with Crippen molar-refractivity contribution in [2.75, 3.05) is 0 Å². The lowest BCUT2D eigenvalue weighted by atomic mass is 10.2. The standard InChI is InChI=1S/C13H11BrN2O2/c14-11-7-15-16(12(11)8-1-2-8)10-5-3-9(4-6-10)13(17)18/h3-8H,1-2H2,(H,17,18). The molecular formula is C13H11BrN2O2. The summed E-state index contributed by atoms with van der Waals surface area (Å²) in [6.45, 7) is 0. The lowest BCUT2D eigenvalue weighted by Gasteiger charge is -2.07. The molecule has 1 heterocycles. The van der Waals surface area contributed by atoms with Crippen LogP contribution in [0.3, 0.4) is 0 Å². The molecule has 0 bridgehead atoms. The fourth-order valence-corrected chi connectivity index (χ4v) is 2.60. The second-order valence-electron chi connectivity index (χ2n) is 4.42. The summed E-state index contributed by atoms with van der Waals surface area (Å²) in [4.78, 5) is 10.8. The Bertz CT molecular complexity index is 600. The Labute approximate surface area is 112 Å². The quantitative estimate of drug-likeness (QED) is 0.947. The van der Waals surface area contributed by atoms with E-state index in [4.69, 9.17) is 5.11 Å². The predicted octanol–water partition coefficient (Wildman–Crippen LogP) is 3.21. The first-order valence-corrected chi connectivity index (χ1v) is 6.53. The minimum atomic E-state index is -0.911. The Hall–Kier alpha value is -1.62. The minimum Gasteiger partial charge on any atom is -0.478 e. The van der Waals surface area contributed by atoms with Gasteiger partial charge in [0.1, 0.15) is 0 Å². The van der Waals surface area contributed by atoms with Gasteiger partial charge in [0, 0.05) is 5.92 Å². The first-order valence-electron chi connectivity index (χ1n) is 5.74. The van der Waals surface area contributed by atoms with E-state index in [-0.39, 0.29) is 5.56 Å². The molecule has 2 aromatic rings. The van der Waals surface area contributed by atoms with Crippen LogP contribution in [0, 0.1) is 0 Å². The van der Waals surface area contributed by atoms with Gasteiger partial charge in [-0.15, -0.1) is 0 Å². The summed E-state index contributed by atoms with van der Waals surface area (Å²) in [7, 11) is 0. The molecule has 18 heavy (non-hydrogen) atoms. The Morgan fingerprint density at radius 2 is 2.00 bits per heavy atom. The molecule has 0 radical (unpaired) electrons. The van der Waals surface area contributed by atoms with Crippen molar-refractivity contribution in [2.45, 2.75) is 18.8 Å². The van der Waals surface area contributed by atoms with Crippen molar-refractivity contribution in [3.8, 4) is 5.69 Å². The molecule has 0 spiro atoms. The Balaban J connectivity index is 2.01. The van der Waals surface area contributed by atoms with Crippen LogP contribution in [0.25, 0.3) is 5.69 Å². The number of halogens is 1. The number of carboxylic acid groups (broad SMARTS) is 1. The van der Waals surface area contributed by atoms with Crippen LogP contribution >= 0.6 is 15.9 Å². The van der Waals surface area contributed by atoms with Crippen molar-refractivity contribution in [1.29, 1.82) is 0 Å². The highest BCUT2D eigenvalue weighted by Crippen LogP contribution is 2.43. The normalized spacial score (nSPS) is 14.7. The van der Waals surface area contributed by atoms with E-state index in [0.29, 0.717) is 5.92 Å². The third-order valence-electron chi connectivity index (χ3n) is 3.08. The van der Waals surface area contributed by atoms with Crippen LogP contribution < -0.4 is 0 Å². The van der Waals surface area contributed by atoms with Crippen molar-refractivity contribution in [3.05, 3.63) is 46.2 Å². The topological polar surface area (TPSA) is 55.1 Å². The van der Waals surface area contributed by atoms with Gasteiger partial charge >= 0.3 is 5.97 Å². The number of aromatic nitrogens is 2. The van der Waals surface area contributed by atoms with Crippen LogP contribution in [0.4, 0.5) is 0 Å². The van der Waals surface area contributed by atoms with Crippen LogP contribution in [0.5, 0.6) is 0 Å². The highest BCUT2D eigenvalue weighted by Gasteiger charge is 2.30. The molecule has 1 fully saturated rings. The maximum atomic E-state index is 10.8. The highest BCUT2D eigenvalue weighted by molar-refractivity contribution is 9.10. The van der Waals surface area contributed by atoms with Crippen molar-refractivity contribution in [2.24, 2.45) is 0 Å². The molecule has 0 unspecified atom stereocenters. The molecule has 1 aliphatic carbocycles. The van der Waals surface area contributed by atoms with Crippen molar-refractivity contribution < 1.29 is 9.90 Å². The first kappa shape index (κ1) is 11.5. The summed E-state index contributed by atoms with van der Waals surface area (Å²) < 4.78 is 2.90. The Morgan fingerprint density at radius 1 is 1.33 bits per heavy atom. The molecule has 92 valence electrons. The fraction of sp³-hybridized carbons (Fsp3) is 0.231. The minimum absolute atomic E-state index is 0.290. The van der Waals surface area contributed by atoms with Crippen LogP contribution in [-0.2, 0) is 0 Å². The third kappa shape index (κ3) is 1.95. The van der Waals surface area contributed by atoms with Gasteiger partial charge in [0.15, 0.2) is 0 Å². The Morgan fingerprint density at radius 3 is 2.56 bits per heavy atom. The van der Waals surface area contributed by atoms with Crippen molar-refractivity contribution in [1.82, 2.24) is 9.78 Å². The molecule has 1 aromatic heterocycles. The summed E-state index contributed by atoms with van der Waals surface area (Å²) in [5, 5.41) is 13.2. The molecule has 0 atom stereocenters. The van der Waals surface area contributed by atoms with Gasteiger partial charge in [0.25, 0.3) is 0 Å². The zero-order valence-corrected chi connectivity index (χ0v) is 11.1. The summed E-state index contributed by atoms with van der Waals surface area (Å²) >= 11 is 3.52. The molecule has 5 heteroatoms. The second-order valence-corrected chi connectivity index (χ2v) is 5.27. The summed E-state index contributed by atoms with van der Waals surface area (Å²) in [5.41, 5.74) is 2.36. The maximum absolute atomic E-state index is 10.8. The molecule has 1 aliphatic rings. The zero-order valence-electron chi connectivity index (χ0n) is 9.51. The maximum Gasteiger partial charge on any atom is 0.335 e. The molecule has 0 aliphatic heterocycles. The van der Waals surface area contributed by atoms with E-state index >= 15 is 0 Å². The number of hydrogen-bond acceptors (Lipinski definition) is 2. The number of benzene rings is 1. The van der Waals surface area contributed by atoms with Gasteiger partial charge in [-0.3, -0.25) is 0 Å². The highest BCUT2D eigenvalue weighted by atomic mass is 79.9. The summed E-state index contributed by atoms with van der Waals surface area (Å²) in [6.07, 6.45) is 4.17. The van der Waals surface area contributed by atoms with Crippen LogP contribution in [0.15, 0.2) is 34.9 Å². The number of carboxylic acids is 1. The average molecular weight is 307 g/mol. The molecule has 4 nitrogen and oxygen atoms in total. The van der Waals surface area contributed by atoms with Gasteiger partial charge in [-0.2, -0.15) is 5.10 Å². The van der Waals surface area contributed by atoms with E-state index in [1.807, 2.05) is 4.68 Å². The average Bonchev–Trinajstić information content (AvgIpc) is 3.13. The van der Waals surface area contributed by atoms with E-state index < -0.39 is 5.97 Å². The molecule has 0 amide bonds. The van der Waals surface area contributed by atoms with Gasteiger partial charge in [0.2, 0.25) is 0 Å². The van der Waals surface area contributed by atoms with Gasteiger partial charge in [0.05, 0.1) is 27.6 Å². The van der Waals surface area contributed by atoms with E-state index in [0.717, 1.165) is 10.2 Å². The van der Waals surface area contributed by atoms with Gasteiger partial charge in [-0.05, 0) is 53.0 Å². The van der Waals surface area contributed by atoms with Gasteiger partial charge in [-0.25, -0.2) is 9.48 Å². The molecule has 3 rings (SSSR count). The largest absolute Gasteiger partial charge is 0.478 e. The third-order valence-corrected chi connectivity index (χ3v) is 3.69. The monoisotopic (exact) mass is 306 g/mol. The number of rotatable bonds is 3. The van der Waals surface area contributed by atoms with Crippen LogP contribution in [0.1, 0.15) is 34.8 Å². The molecular weight excluding hydrogens is 296 g/mol. The van der Waals surface area contributed by atoms with Crippen molar-refractivity contribution in [3.63, 3.8) is 0 Å². The van der Waals surface area contributed by atoms with Gasteiger partial charge in [-0.1, -0.05) is 0 Å². The Kier molecular flexibility index (Phi) is 2.70. The van der Waals surface area contributed by atoms with E-state index in [1.165, 1.54) is 18.5 Å². The van der Waals surface area contributed by atoms with E-state index in [1.54, 1.807) is 30.5 Å². The van der Waals surface area contributed by atoms with E-state index in [2.05, 4.69) is 21.0 Å².